The molecule has 7 nitrogen and oxygen atoms in total. The molecule has 1 amide bonds. The Kier molecular flexibility index (Phi) is 4.64. The second-order valence-electron chi connectivity index (χ2n) is 6.93. The molecule has 29 heavy (non-hydrogen) atoms. The standard InChI is InChI=1S/C22H21N5O2/c1-27(2)22(28)14-6-4-5-13(9-14)15-10-18-20(25-26-21(18)24-12-15)17-8-7-16(23)11-19(17)29-3/h4-12H,23H2,1-3H3,(H,24,25,26). The number of hydrogen-bond acceptors (Lipinski definition) is 5. The van der Waals surface area contributed by atoms with Crippen LogP contribution in [0.25, 0.3) is 33.4 Å². The molecule has 3 N–H and O–H groups in total. The van der Waals surface area contributed by atoms with Crippen LogP contribution in [0, 0.1) is 0 Å². The van der Waals surface area contributed by atoms with Crippen LogP contribution in [0.4, 0.5) is 5.69 Å². The molecule has 0 atom stereocenters. The second kappa shape index (κ2) is 7.27. The van der Waals surface area contributed by atoms with Crippen molar-refractivity contribution in [2.75, 3.05) is 26.9 Å². The summed E-state index contributed by atoms with van der Waals surface area (Å²) in [4.78, 5) is 18.3. The Hall–Kier alpha value is -3.87. The molecule has 0 aliphatic carbocycles. The van der Waals surface area contributed by atoms with Gasteiger partial charge in [-0.15, -0.1) is 0 Å². The van der Waals surface area contributed by atoms with Gasteiger partial charge in [0, 0.05) is 54.1 Å². The van der Waals surface area contributed by atoms with Crippen molar-refractivity contribution in [3.05, 3.63) is 60.3 Å². The van der Waals surface area contributed by atoms with Crippen molar-refractivity contribution in [3.63, 3.8) is 0 Å². The first-order valence-corrected chi connectivity index (χ1v) is 9.08. The van der Waals surface area contributed by atoms with Crippen LogP contribution in [0.3, 0.4) is 0 Å². The Morgan fingerprint density at radius 3 is 2.69 bits per heavy atom. The number of benzene rings is 2. The quantitative estimate of drug-likeness (QED) is 0.522. The Morgan fingerprint density at radius 2 is 1.93 bits per heavy atom. The maximum Gasteiger partial charge on any atom is 0.253 e. The number of carbonyl (C=O) groups is 1. The van der Waals surface area contributed by atoms with Gasteiger partial charge in [0.15, 0.2) is 5.65 Å². The predicted octanol–water partition coefficient (Wildman–Crippen LogP) is 3.58. The van der Waals surface area contributed by atoms with Gasteiger partial charge in [0.05, 0.1) is 12.8 Å². The lowest BCUT2D eigenvalue weighted by Crippen LogP contribution is -2.21. The van der Waals surface area contributed by atoms with E-state index in [1.165, 1.54) is 0 Å². The lowest BCUT2D eigenvalue weighted by Gasteiger charge is -2.11. The lowest BCUT2D eigenvalue weighted by molar-refractivity contribution is 0.0827. The summed E-state index contributed by atoms with van der Waals surface area (Å²) in [5.74, 6) is 0.607. The van der Waals surface area contributed by atoms with Crippen molar-refractivity contribution in [3.8, 4) is 28.1 Å². The molecular weight excluding hydrogens is 366 g/mol. The number of H-pyrrole nitrogens is 1. The molecule has 0 saturated heterocycles. The van der Waals surface area contributed by atoms with Crippen LogP contribution < -0.4 is 10.5 Å². The number of carbonyl (C=O) groups excluding carboxylic acids is 1. The van der Waals surface area contributed by atoms with Gasteiger partial charge in [-0.2, -0.15) is 5.10 Å². The molecule has 0 fully saturated rings. The molecule has 0 bridgehead atoms. The first-order chi connectivity index (χ1) is 14.0. The number of pyridine rings is 1. The molecule has 0 spiro atoms. The number of nitrogens with zero attached hydrogens (tertiary/aromatic N) is 3. The minimum Gasteiger partial charge on any atom is -0.496 e. The number of fused-ring (bicyclic) bond motifs is 1. The zero-order valence-electron chi connectivity index (χ0n) is 16.4. The van der Waals surface area contributed by atoms with Gasteiger partial charge >= 0.3 is 0 Å². The summed E-state index contributed by atoms with van der Waals surface area (Å²) < 4.78 is 5.49. The smallest absolute Gasteiger partial charge is 0.253 e. The monoisotopic (exact) mass is 387 g/mol. The van der Waals surface area contributed by atoms with Crippen LogP contribution in [0.1, 0.15) is 10.4 Å². The molecule has 7 heteroatoms. The van der Waals surface area contributed by atoms with Gasteiger partial charge in [0.2, 0.25) is 0 Å². The van der Waals surface area contributed by atoms with Gasteiger partial charge < -0.3 is 15.4 Å². The predicted molar refractivity (Wildman–Crippen MR) is 114 cm³/mol. The van der Waals surface area contributed by atoms with E-state index >= 15 is 0 Å². The summed E-state index contributed by atoms with van der Waals surface area (Å²) in [6, 6.07) is 15.0. The van der Waals surface area contributed by atoms with Gasteiger partial charge in [0.1, 0.15) is 5.75 Å². The fraction of sp³-hybridized carbons (Fsp3) is 0.136. The third-order valence-electron chi connectivity index (χ3n) is 4.75. The van der Waals surface area contributed by atoms with E-state index in [-0.39, 0.29) is 5.91 Å². The number of ether oxygens (including phenoxy) is 1. The number of anilines is 1. The number of amides is 1. The van der Waals surface area contributed by atoms with Gasteiger partial charge in [-0.3, -0.25) is 9.89 Å². The van der Waals surface area contributed by atoms with Crippen molar-refractivity contribution in [2.45, 2.75) is 0 Å². The largest absolute Gasteiger partial charge is 0.496 e. The highest BCUT2D eigenvalue weighted by molar-refractivity contribution is 5.97. The molecule has 0 unspecified atom stereocenters. The van der Waals surface area contributed by atoms with Gasteiger partial charge in [-0.1, -0.05) is 12.1 Å². The van der Waals surface area contributed by atoms with Crippen LogP contribution in [0.2, 0.25) is 0 Å². The number of nitrogen functional groups attached to an aromatic ring is 1. The van der Waals surface area contributed by atoms with Crippen LogP contribution in [-0.4, -0.2) is 47.2 Å². The number of nitrogens with one attached hydrogen (secondary N) is 1. The van der Waals surface area contributed by atoms with Crippen molar-refractivity contribution in [2.24, 2.45) is 0 Å². The van der Waals surface area contributed by atoms with E-state index < -0.39 is 0 Å². The van der Waals surface area contributed by atoms with E-state index in [0.29, 0.717) is 22.6 Å². The number of nitrogens with two attached hydrogens (primary N) is 1. The van der Waals surface area contributed by atoms with Crippen molar-refractivity contribution < 1.29 is 9.53 Å². The van der Waals surface area contributed by atoms with Crippen LogP contribution in [-0.2, 0) is 0 Å². The lowest BCUT2D eigenvalue weighted by atomic mass is 10.0. The van der Waals surface area contributed by atoms with Gasteiger partial charge in [-0.25, -0.2) is 4.98 Å². The summed E-state index contributed by atoms with van der Waals surface area (Å²) in [6.45, 7) is 0. The van der Waals surface area contributed by atoms with Crippen LogP contribution in [0.15, 0.2) is 54.7 Å². The van der Waals surface area contributed by atoms with Crippen molar-refractivity contribution in [1.29, 1.82) is 0 Å². The number of rotatable bonds is 4. The van der Waals surface area contributed by atoms with E-state index in [9.17, 15) is 4.79 Å². The van der Waals surface area contributed by atoms with E-state index in [4.69, 9.17) is 10.5 Å². The molecule has 0 saturated carbocycles. The minimum absolute atomic E-state index is 0.0449. The summed E-state index contributed by atoms with van der Waals surface area (Å²) in [6.07, 6.45) is 1.76. The van der Waals surface area contributed by atoms with E-state index in [1.54, 1.807) is 44.4 Å². The molecule has 146 valence electrons. The van der Waals surface area contributed by atoms with Crippen molar-refractivity contribution >= 4 is 22.6 Å². The molecule has 4 rings (SSSR count). The molecule has 2 aromatic carbocycles. The fourth-order valence-corrected chi connectivity index (χ4v) is 3.27. The van der Waals surface area contributed by atoms with E-state index in [1.807, 2.05) is 36.4 Å². The molecule has 0 radical (unpaired) electrons. The number of methoxy groups -OCH3 is 1. The van der Waals surface area contributed by atoms with Crippen LogP contribution in [0.5, 0.6) is 5.75 Å². The molecule has 0 aliphatic rings. The molecule has 0 aliphatic heterocycles. The minimum atomic E-state index is -0.0449. The highest BCUT2D eigenvalue weighted by Gasteiger charge is 2.15. The SMILES string of the molecule is COc1cc(N)ccc1-c1[nH]nc2ncc(-c3cccc(C(=O)N(C)C)c3)cc12. The Morgan fingerprint density at radius 1 is 1.10 bits per heavy atom. The maximum atomic E-state index is 12.3. The summed E-state index contributed by atoms with van der Waals surface area (Å²) >= 11 is 0. The normalized spacial score (nSPS) is 10.9. The summed E-state index contributed by atoms with van der Waals surface area (Å²) in [5, 5.41) is 8.22. The Labute approximate surface area is 168 Å². The fourth-order valence-electron chi connectivity index (χ4n) is 3.27. The first-order valence-electron chi connectivity index (χ1n) is 9.08. The Bertz CT molecular complexity index is 1210. The highest BCUT2D eigenvalue weighted by atomic mass is 16.5. The van der Waals surface area contributed by atoms with E-state index in [0.717, 1.165) is 27.8 Å². The maximum absolute atomic E-state index is 12.3. The zero-order chi connectivity index (χ0) is 20.5. The zero-order valence-corrected chi connectivity index (χ0v) is 16.4. The number of aromatic nitrogens is 3. The molecular formula is C22H21N5O2. The molecule has 2 heterocycles. The first kappa shape index (κ1) is 18.5. The highest BCUT2D eigenvalue weighted by Crippen LogP contribution is 2.35. The molecule has 2 aromatic heterocycles. The topological polar surface area (TPSA) is 97.1 Å². The number of aromatic amines is 1. The molecule has 4 aromatic rings. The van der Waals surface area contributed by atoms with Gasteiger partial charge in [0.25, 0.3) is 5.91 Å². The summed E-state index contributed by atoms with van der Waals surface area (Å²) in [5.41, 5.74) is 11.2. The second-order valence-corrected chi connectivity index (χ2v) is 6.93. The third-order valence-corrected chi connectivity index (χ3v) is 4.75. The average Bonchev–Trinajstić information content (AvgIpc) is 3.16. The third kappa shape index (κ3) is 3.38. The Balaban J connectivity index is 1.83. The summed E-state index contributed by atoms with van der Waals surface area (Å²) in [7, 11) is 5.08. The number of hydrogen-bond donors (Lipinski definition) is 2. The average molecular weight is 387 g/mol. The van der Waals surface area contributed by atoms with E-state index in [2.05, 4.69) is 15.2 Å². The van der Waals surface area contributed by atoms with Crippen LogP contribution >= 0.6 is 0 Å². The van der Waals surface area contributed by atoms with Crippen molar-refractivity contribution in [1.82, 2.24) is 20.1 Å². The van der Waals surface area contributed by atoms with Gasteiger partial charge in [-0.05, 0) is 35.9 Å².